The average molecular weight is 555 g/mol. The van der Waals surface area contributed by atoms with Crippen LogP contribution in [-0.2, 0) is 18.6 Å². The lowest BCUT2D eigenvalue weighted by molar-refractivity contribution is -0.146. The zero-order chi connectivity index (χ0) is 27.0. The van der Waals surface area contributed by atoms with Crippen LogP contribution in [-0.4, -0.2) is 51.2 Å². The van der Waals surface area contributed by atoms with Crippen molar-refractivity contribution in [1.29, 1.82) is 0 Å². The Labute approximate surface area is 220 Å². The molecular formula is C24H35N4O7PS. The summed E-state index contributed by atoms with van der Waals surface area (Å²) >= 11 is 1.29. The van der Waals surface area contributed by atoms with Crippen molar-refractivity contribution < 1.29 is 28.3 Å². The van der Waals surface area contributed by atoms with Gasteiger partial charge in [-0.05, 0) is 31.0 Å². The molecule has 1 aliphatic heterocycles. The highest BCUT2D eigenvalue weighted by Gasteiger charge is 2.39. The SMILES string of the molecule is CCC(CC)COC(=O)[C@H](C)N[P@](=O)(OC[C@H]1S[C@@H](n2ccc(N)nc2=O)C[C@H]1O)Oc1ccccc1. The van der Waals surface area contributed by atoms with Crippen LogP contribution < -0.4 is 21.0 Å². The molecule has 0 aliphatic carbocycles. The lowest BCUT2D eigenvalue weighted by atomic mass is 10.1. The Kier molecular flexibility index (Phi) is 10.6. The summed E-state index contributed by atoms with van der Waals surface area (Å²) in [5.74, 6) is 0.0746. The second-order valence-electron chi connectivity index (χ2n) is 8.84. The number of hydrogen-bond acceptors (Lipinski definition) is 10. The number of aliphatic hydroxyl groups is 1. The predicted octanol–water partition coefficient (Wildman–Crippen LogP) is 3.35. The summed E-state index contributed by atoms with van der Waals surface area (Å²) < 4.78 is 31.9. The lowest BCUT2D eigenvalue weighted by Crippen LogP contribution is -2.36. The van der Waals surface area contributed by atoms with E-state index in [0.29, 0.717) is 0 Å². The van der Waals surface area contributed by atoms with Crippen LogP contribution in [0.15, 0.2) is 47.4 Å². The minimum absolute atomic E-state index is 0.113. The average Bonchev–Trinajstić information content (AvgIpc) is 3.23. The van der Waals surface area contributed by atoms with E-state index in [4.69, 9.17) is 19.5 Å². The number of esters is 1. The van der Waals surface area contributed by atoms with E-state index in [9.17, 15) is 19.3 Å². The summed E-state index contributed by atoms with van der Waals surface area (Å²) in [6, 6.07) is 8.97. The smallest absolute Gasteiger partial charge is 0.459 e. The zero-order valence-corrected chi connectivity index (χ0v) is 22.9. The van der Waals surface area contributed by atoms with Gasteiger partial charge in [0.05, 0.1) is 29.9 Å². The molecule has 204 valence electrons. The van der Waals surface area contributed by atoms with Crippen LogP contribution in [0.25, 0.3) is 0 Å². The lowest BCUT2D eigenvalue weighted by Gasteiger charge is -2.25. The summed E-state index contributed by atoms with van der Waals surface area (Å²) in [5.41, 5.74) is 5.04. The van der Waals surface area contributed by atoms with Gasteiger partial charge < -0.3 is 20.1 Å². The van der Waals surface area contributed by atoms with Gasteiger partial charge in [0.15, 0.2) is 0 Å². The number of nitrogens with two attached hydrogens (primary N) is 1. The van der Waals surface area contributed by atoms with E-state index in [1.807, 2.05) is 13.8 Å². The molecule has 4 N–H and O–H groups in total. The molecule has 37 heavy (non-hydrogen) atoms. The predicted molar refractivity (Wildman–Crippen MR) is 142 cm³/mol. The van der Waals surface area contributed by atoms with E-state index in [-0.39, 0.29) is 37.1 Å². The Morgan fingerprint density at radius 2 is 2.00 bits per heavy atom. The maximum absolute atomic E-state index is 13.7. The van der Waals surface area contributed by atoms with E-state index in [0.717, 1.165) is 12.8 Å². The van der Waals surface area contributed by atoms with E-state index in [1.165, 1.54) is 35.5 Å². The number of benzene rings is 1. The minimum Gasteiger partial charge on any atom is -0.464 e. The molecule has 1 fully saturated rings. The van der Waals surface area contributed by atoms with Gasteiger partial charge >= 0.3 is 19.4 Å². The van der Waals surface area contributed by atoms with E-state index < -0.39 is 42.2 Å². The molecule has 2 heterocycles. The molecule has 0 spiro atoms. The maximum atomic E-state index is 13.7. The standard InChI is InChI=1S/C24H35N4O7PS/c1-4-17(5-2)14-33-23(30)16(3)27-36(32,35-18-9-7-6-8-10-18)34-15-20-19(29)13-22(37-20)28-12-11-21(25)26-24(28)31/h6-12,16-17,19-20,22,29H,4-5,13-15H2,1-3H3,(H,27,32)(H2,25,26,31)/t16-,19+,20+,22+,36-/m0/s1. The van der Waals surface area contributed by atoms with Crippen molar-refractivity contribution in [2.24, 2.45) is 5.92 Å². The number of rotatable bonds is 13. The van der Waals surface area contributed by atoms with Crippen LogP contribution in [0.5, 0.6) is 5.75 Å². The van der Waals surface area contributed by atoms with Crippen LogP contribution in [0.4, 0.5) is 5.82 Å². The van der Waals surface area contributed by atoms with E-state index in [1.54, 1.807) is 30.3 Å². The fourth-order valence-corrected chi connectivity index (χ4v) is 6.76. The monoisotopic (exact) mass is 554 g/mol. The van der Waals surface area contributed by atoms with Gasteiger partial charge in [-0.1, -0.05) is 44.9 Å². The van der Waals surface area contributed by atoms with E-state index in [2.05, 4.69) is 10.1 Å². The van der Waals surface area contributed by atoms with Gasteiger partial charge in [-0.25, -0.2) is 9.36 Å². The molecule has 0 radical (unpaired) electrons. The quantitative estimate of drug-likeness (QED) is 0.247. The number of anilines is 1. The topological polar surface area (TPSA) is 155 Å². The molecular weight excluding hydrogens is 519 g/mol. The van der Waals surface area contributed by atoms with Gasteiger partial charge in [0.25, 0.3) is 0 Å². The first-order valence-electron chi connectivity index (χ1n) is 12.3. The molecule has 0 bridgehead atoms. The Hall–Kier alpha value is -2.37. The molecule has 1 saturated heterocycles. The van der Waals surface area contributed by atoms with Crippen molar-refractivity contribution in [2.75, 3.05) is 18.9 Å². The van der Waals surface area contributed by atoms with Crippen LogP contribution in [0, 0.1) is 5.92 Å². The first-order chi connectivity index (χ1) is 17.6. The van der Waals surface area contributed by atoms with Gasteiger partial charge in [-0.3, -0.25) is 13.9 Å². The van der Waals surface area contributed by atoms with Crippen molar-refractivity contribution in [1.82, 2.24) is 14.6 Å². The van der Waals surface area contributed by atoms with Gasteiger partial charge in [-0.2, -0.15) is 10.1 Å². The van der Waals surface area contributed by atoms with Crippen LogP contribution in [0.1, 0.15) is 45.4 Å². The summed E-state index contributed by atoms with van der Waals surface area (Å²) in [6.07, 6.45) is 2.71. The number of hydrogen-bond donors (Lipinski definition) is 3. The molecule has 0 unspecified atom stereocenters. The highest BCUT2D eigenvalue weighted by atomic mass is 32.2. The van der Waals surface area contributed by atoms with Crippen molar-refractivity contribution in [3.63, 3.8) is 0 Å². The fraction of sp³-hybridized carbons (Fsp3) is 0.542. The largest absolute Gasteiger partial charge is 0.464 e. The number of aromatic nitrogens is 2. The summed E-state index contributed by atoms with van der Waals surface area (Å²) in [5, 5.41) is 12.4. The maximum Gasteiger partial charge on any atom is 0.459 e. The summed E-state index contributed by atoms with van der Waals surface area (Å²) in [4.78, 5) is 28.5. The molecule has 0 saturated carbocycles. The van der Waals surface area contributed by atoms with E-state index >= 15 is 0 Å². The number of nitrogens with one attached hydrogen (secondary N) is 1. The fourth-order valence-electron chi connectivity index (χ4n) is 3.70. The van der Waals surface area contributed by atoms with Gasteiger partial charge in [-0.15, -0.1) is 11.8 Å². The van der Waals surface area contributed by atoms with Crippen molar-refractivity contribution in [2.45, 2.75) is 62.8 Å². The molecule has 13 heteroatoms. The normalized spacial score (nSPS) is 21.9. The number of nitrogens with zero attached hydrogens (tertiary/aromatic N) is 2. The van der Waals surface area contributed by atoms with Crippen molar-refractivity contribution >= 4 is 31.3 Å². The Morgan fingerprint density at radius 3 is 2.65 bits per heavy atom. The Bertz CT molecular complexity index is 1130. The minimum atomic E-state index is -4.07. The number of carbonyl (C=O) groups excluding carboxylic acids is 1. The third-order valence-electron chi connectivity index (χ3n) is 6.06. The molecule has 2 aromatic rings. The molecule has 3 rings (SSSR count). The number of thioether (sulfide) groups is 1. The summed E-state index contributed by atoms with van der Waals surface area (Å²) in [7, 11) is -4.07. The molecule has 1 aromatic heterocycles. The van der Waals surface area contributed by atoms with Crippen LogP contribution in [0.3, 0.4) is 0 Å². The molecule has 11 nitrogen and oxygen atoms in total. The first kappa shape index (κ1) is 29.2. The number of aliphatic hydroxyl groups excluding tert-OH is 1. The van der Waals surface area contributed by atoms with Gasteiger partial charge in [0.2, 0.25) is 0 Å². The Morgan fingerprint density at radius 1 is 1.30 bits per heavy atom. The third-order valence-corrected chi connectivity index (χ3v) is 9.24. The van der Waals surface area contributed by atoms with Crippen molar-refractivity contribution in [3.05, 3.63) is 53.1 Å². The molecule has 1 aromatic carbocycles. The molecule has 0 amide bonds. The zero-order valence-electron chi connectivity index (χ0n) is 21.2. The third kappa shape index (κ3) is 8.31. The highest BCUT2D eigenvalue weighted by molar-refractivity contribution is 8.00. The highest BCUT2D eigenvalue weighted by Crippen LogP contribution is 2.48. The summed E-state index contributed by atoms with van der Waals surface area (Å²) in [6.45, 7) is 5.69. The van der Waals surface area contributed by atoms with Crippen molar-refractivity contribution in [3.8, 4) is 5.75 Å². The van der Waals surface area contributed by atoms with Crippen LogP contribution >= 0.6 is 19.5 Å². The molecule has 5 atom stereocenters. The first-order valence-corrected chi connectivity index (χ1v) is 14.7. The number of ether oxygens (including phenoxy) is 1. The Balaban J connectivity index is 1.68. The molecule has 1 aliphatic rings. The number of para-hydroxylation sites is 1. The second kappa shape index (κ2) is 13.4. The number of carbonyl (C=O) groups is 1. The van der Waals surface area contributed by atoms with Crippen LogP contribution in [0.2, 0.25) is 0 Å². The second-order valence-corrected chi connectivity index (χ2v) is 12.0. The van der Waals surface area contributed by atoms with Gasteiger partial charge in [0.1, 0.15) is 17.6 Å². The van der Waals surface area contributed by atoms with Gasteiger partial charge in [0, 0.05) is 12.6 Å². The number of nitrogen functional groups attached to an aromatic ring is 1.